The van der Waals surface area contributed by atoms with Crippen LogP contribution < -0.4 is 11.1 Å². The fraction of sp³-hybridized carbons (Fsp3) is 0.500. The highest BCUT2D eigenvalue weighted by Crippen LogP contribution is 2.19. The summed E-state index contributed by atoms with van der Waals surface area (Å²) >= 11 is 0. The number of aromatic nitrogens is 2. The summed E-state index contributed by atoms with van der Waals surface area (Å²) in [5.74, 6) is 1.89. The van der Waals surface area contributed by atoms with Crippen LogP contribution in [0.25, 0.3) is 11.0 Å². The van der Waals surface area contributed by atoms with E-state index in [1.807, 2.05) is 25.2 Å². The monoisotopic (exact) mass is 342 g/mol. The van der Waals surface area contributed by atoms with Crippen LogP contribution in [-0.4, -0.2) is 46.5 Å². The Balaban J connectivity index is 1.66. The third-order valence-electron chi connectivity index (χ3n) is 4.80. The van der Waals surface area contributed by atoms with E-state index >= 15 is 0 Å². The van der Waals surface area contributed by atoms with Gasteiger partial charge in [-0.3, -0.25) is 9.79 Å². The second-order valence-electron chi connectivity index (χ2n) is 6.60. The summed E-state index contributed by atoms with van der Waals surface area (Å²) in [7, 11) is 3.81. The van der Waals surface area contributed by atoms with Crippen molar-refractivity contribution in [2.75, 3.05) is 20.1 Å². The quantitative estimate of drug-likeness (QED) is 0.646. The van der Waals surface area contributed by atoms with Crippen LogP contribution in [0.1, 0.15) is 25.1 Å². The molecule has 1 fully saturated rings. The van der Waals surface area contributed by atoms with Gasteiger partial charge in [0.2, 0.25) is 5.91 Å². The third-order valence-corrected chi connectivity index (χ3v) is 4.80. The molecule has 3 N–H and O–H groups in total. The van der Waals surface area contributed by atoms with Gasteiger partial charge in [0.15, 0.2) is 5.96 Å². The highest BCUT2D eigenvalue weighted by Gasteiger charge is 2.23. The lowest BCUT2D eigenvalue weighted by atomic mass is 9.95. The average molecular weight is 342 g/mol. The first kappa shape index (κ1) is 17.3. The second-order valence-corrected chi connectivity index (χ2v) is 6.60. The van der Waals surface area contributed by atoms with Gasteiger partial charge in [-0.25, -0.2) is 4.98 Å². The molecule has 2 heterocycles. The first-order chi connectivity index (χ1) is 12.1. The number of para-hydroxylation sites is 2. The van der Waals surface area contributed by atoms with Crippen molar-refractivity contribution in [1.82, 2.24) is 19.8 Å². The van der Waals surface area contributed by atoms with Gasteiger partial charge < -0.3 is 20.5 Å². The first-order valence-corrected chi connectivity index (χ1v) is 8.72. The minimum absolute atomic E-state index is 0.227. The maximum Gasteiger partial charge on any atom is 0.217 e. The van der Waals surface area contributed by atoms with Crippen LogP contribution in [-0.2, 0) is 18.4 Å². The predicted molar refractivity (Wildman–Crippen MR) is 99.0 cm³/mol. The van der Waals surface area contributed by atoms with E-state index in [0.29, 0.717) is 18.9 Å². The number of primary amides is 1. The van der Waals surface area contributed by atoms with Crippen LogP contribution in [0.2, 0.25) is 0 Å². The Morgan fingerprint density at radius 1 is 1.44 bits per heavy atom. The van der Waals surface area contributed by atoms with Gasteiger partial charge in [-0.05, 0) is 30.9 Å². The van der Waals surface area contributed by atoms with Gasteiger partial charge >= 0.3 is 0 Å². The molecule has 0 saturated carbocycles. The number of aliphatic imine (C=N–C) groups is 1. The number of hydrogen-bond donors (Lipinski definition) is 2. The SMILES string of the molecule is CN=C(NCc1nc2ccccc2n1C)N1CCCC(CC(N)=O)C1. The van der Waals surface area contributed by atoms with Crippen LogP contribution >= 0.6 is 0 Å². The molecule has 3 rings (SSSR count). The van der Waals surface area contributed by atoms with Crippen LogP contribution in [0.5, 0.6) is 0 Å². The Bertz CT molecular complexity index is 781. The molecule has 7 nitrogen and oxygen atoms in total. The number of benzene rings is 1. The minimum Gasteiger partial charge on any atom is -0.370 e. The van der Waals surface area contributed by atoms with E-state index in [1.165, 1.54) is 0 Å². The van der Waals surface area contributed by atoms with Gasteiger partial charge in [0.05, 0.1) is 17.6 Å². The zero-order chi connectivity index (χ0) is 17.8. The van der Waals surface area contributed by atoms with Crippen molar-refractivity contribution in [3.63, 3.8) is 0 Å². The fourth-order valence-electron chi connectivity index (χ4n) is 3.55. The largest absolute Gasteiger partial charge is 0.370 e. The van der Waals surface area contributed by atoms with E-state index in [-0.39, 0.29) is 5.91 Å². The summed E-state index contributed by atoms with van der Waals surface area (Å²) in [6, 6.07) is 8.11. The van der Waals surface area contributed by atoms with Gasteiger partial charge in [0.1, 0.15) is 5.82 Å². The molecule has 1 aromatic carbocycles. The van der Waals surface area contributed by atoms with Gasteiger partial charge in [-0.1, -0.05) is 12.1 Å². The Morgan fingerprint density at radius 2 is 2.24 bits per heavy atom. The number of fused-ring (bicyclic) bond motifs is 1. The summed E-state index contributed by atoms with van der Waals surface area (Å²) in [6.45, 7) is 2.36. The Kier molecular flexibility index (Phi) is 5.21. The number of guanidine groups is 1. The number of imidazole rings is 1. The number of carbonyl (C=O) groups excluding carboxylic acids is 1. The Morgan fingerprint density at radius 3 is 2.96 bits per heavy atom. The summed E-state index contributed by atoms with van der Waals surface area (Å²) in [5, 5.41) is 3.41. The molecule has 1 atom stereocenters. The molecule has 25 heavy (non-hydrogen) atoms. The van der Waals surface area contributed by atoms with Crippen LogP contribution in [0.4, 0.5) is 0 Å². The van der Waals surface area contributed by atoms with Crippen LogP contribution in [0.3, 0.4) is 0 Å². The molecule has 0 aliphatic carbocycles. The van der Waals surface area contributed by atoms with Crippen molar-refractivity contribution < 1.29 is 4.79 Å². The van der Waals surface area contributed by atoms with E-state index in [2.05, 4.69) is 30.8 Å². The molecule has 7 heteroatoms. The van der Waals surface area contributed by atoms with Crippen molar-refractivity contribution >= 4 is 22.9 Å². The Hall–Kier alpha value is -2.57. The predicted octanol–water partition coefficient (Wildman–Crippen LogP) is 1.24. The lowest BCUT2D eigenvalue weighted by molar-refractivity contribution is -0.119. The van der Waals surface area contributed by atoms with Crippen molar-refractivity contribution in [3.05, 3.63) is 30.1 Å². The normalized spacial score (nSPS) is 18.6. The smallest absolute Gasteiger partial charge is 0.217 e. The molecule has 1 aromatic heterocycles. The lowest BCUT2D eigenvalue weighted by Gasteiger charge is -2.34. The molecule has 2 aromatic rings. The molecule has 1 unspecified atom stereocenters. The van der Waals surface area contributed by atoms with Crippen molar-refractivity contribution in [3.8, 4) is 0 Å². The highest BCUT2D eigenvalue weighted by molar-refractivity contribution is 5.80. The molecule has 0 radical (unpaired) electrons. The molecule has 0 bridgehead atoms. The summed E-state index contributed by atoms with van der Waals surface area (Å²) in [5.41, 5.74) is 7.47. The number of hydrogen-bond acceptors (Lipinski definition) is 3. The summed E-state index contributed by atoms with van der Waals surface area (Å²) < 4.78 is 2.10. The van der Waals surface area contributed by atoms with Crippen molar-refractivity contribution in [1.29, 1.82) is 0 Å². The van der Waals surface area contributed by atoms with Crippen LogP contribution in [0.15, 0.2) is 29.3 Å². The fourth-order valence-corrected chi connectivity index (χ4v) is 3.55. The van der Waals surface area contributed by atoms with E-state index in [0.717, 1.165) is 48.7 Å². The van der Waals surface area contributed by atoms with Gasteiger partial charge in [0, 0.05) is 33.6 Å². The van der Waals surface area contributed by atoms with Crippen molar-refractivity contribution in [2.24, 2.45) is 23.7 Å². The lowest BCUT2D eigenvalue weighted by Crippen LogP contribution is -2.47. The molecule has 1 saturated heterocycles. The number of piperidine rings is 1. The van der Waals surface area contributed by atoms with Gasteiger partial charge in [-0.2, -0.15) is 0 Å². The minimum atomic E-state index is -0.227. The number of rotatable bonds is 4. The highest BCUT2D eigenvalue weighted by atomic mass is 16.1. The Labute approximate surface area is 147 Å². The average Bonchev–Trinajstić information content (AvgIpc) is 2.92. The number of aryl methyl sites for hydroxylation is 1. The van der Waals surface area contributed by atoms with Crippen molar-refractivity contribution in [2.45, 2.75) is 25.8 Å². The standard InChI is InChI=1S/C18H26N6O/c1-20-18(24-9-5-6-13(12-24)10-16(19)25)21-11-17-22-14-7-3-4-8-15(14)23(17)2/h3-4,7-8,13H,5-6,9-12H2,1-2H3,(H2,19,25)(H,20,21). The molecular formula is C18H26N6O. The van der Waals surface area contributed by atoms with E-state index < -0.39 is 0 Å². The molecule has 1 aliphatic rings. The summed E-state index contributed by atoms with van der Waals surface area (Å²) in [6.07, 6.45) is 2.53. The second kappa shape index (κ2) is 7.55. The van der Waals surface area contributed by atoms with Gasteiger partial charge in [-0.15, -0.1) is 0 Å². The molecular weight excluding hydrogens is 316 g/mol. The molecule has 0 spiro atoms. The number of amides is 1. The number of carbonyl (C=O) groups is 1. The number of nitrogens with zero attached hydrogens (tertiary/aromatic N) is 4. The summed E-state index contributed by atoms with van der Waals surface area (Å²) in [4.78, 5) is 22.5. The third kappa shape index (κ3) is 3.92. The number of nitrogens with two attached hydrogens (primary N) is 1. The van der Waals surface area contributed by atoms with E-state index in [9.17, 15) is 4.79 Å². The topological polar surface area (TPSA) is 88.5 Å². The zero-order valence-electron chi connectivity index (χ0n) is 14.9. The van der Waals surface area contributed by atoms with Gasteiger partial charge in [0.25, 0.3) is 0 Å². The molecule has 1 aliphatic heterocycles. The van der Waals surface area contributed by atoms with E-state index in [1.54, 1.807) is 7.05 Å². The maximum atomic E-state index is 11.2. The number of likely N-dealkylation sites (tertiary alicyclic amines) is 1. The number of nitrogens with one attached hydrogen (secondary N) is 1. The molecule has 134 valence electrons. The zero-order valence-corrected chi connectivity index (χ0v) is 14.9. The maximum absolute atomic E-state index is 11.2. The van der Waals surface area contributed by atoms with Crippen LogP contribution in [0, 0.1) is 5.92 Å². The van der Waals surface area contributed by atoms with E-state index in [4.69, 9.17) is 5.73 Å². The first-order valence-electron chi connectivity index (χ1n) is 8.72. The molecule has 1 amide bonds.